The van der Waals surface area contributed by atoms with Crippen LogP contribution < -0.4 is 25.4 Å². The van der Waals surface area contributed by atoms with Crippen molar-refractivity contribution >= 4 is 45.5 Å². The van der Waals surface area contributed by atoms with Crippen molar-refractivity contribution in [1.82, 2.24) is 20.9 Å². The number of Topliss-reactive ketones (excluding diaryl/α,β-unsaturated/α-hetero) is 1. The van der Waals surface area contributed by atoms with Gasteiger partial charge in [-0.1, -0.05) is 55.8 Å². The van der Waals surface area contributed by atoms with Crippen molar-refractivity contribution < 1.29 is 38.2 Å². The van der Waals surface area contributed by atoms with E-state index in [1.54, 1.807) is 19.1 Å². The van der Waals surface area contributed by atoms with Crippen LogP contribution in [0, 0.1) is 38.5 Å². The topological polar surface area (TPSA) is 152 Å². The number of alkyl carbamates (subject to hydrolysis) is 1. The second-order valence-corrected chi connectivity index (χ2v) is 16.8. The Labute approximate surface area is 344 Å². The van der Waals surface area contributed by atoms with Gasteiger partial charge in [0.2, 0.25) is 17.7 Å². The zero-order chi connectivity index (χ0) is 42.1. The fourth-order valence-corrected chi connectivity index (χ4v) is 7.93. The highest BCUT2D eigenvalue weighted by atomic mass is 79.9. The summed E-state index contributed by atoms with van der Waals surface area (Å²) in [6.45, 7) is 18.9. The molecule has 1 aliphatic rings. The number of ether oxygens (including phenoxy) is 3. The minimum absolute atomic E-state index is 0.0654. The second kappa shape index (κ2) is 24.2. The van der Waals surface area contributed by atoms with Gasteiger partial charge in [0.15, 0.2) is 5.78 Å². The van der Waals surface area contributed by atoms with E-state index in [0.29, 0.717) is 63.3 Å². The molecule has 56 heavy (non-hydrogen) atoms. The molecule has 0 saturated carbocycles. The van der Waals surface area contributed by atoms with Crippen LogP contribution in [0.15, 0.2) is 12.2 Å². The number of nitrogens with one attached hydrogen (secondary N) is 3. The van der Waals surface area contributed by atoms with Crippen molar-refractivity contribution in [1.29, 1.82) is 0 Å². The number of nitrogens with zero attached hydrogens (tertiary/aromatic N) is 1. The molecule has 12 nitrogen and oxygen atoms in total. The molecule has 0 radical (unpaired) electrons. The van der Waals surface area contributed by atoms with Gasteiger partial charge < -0.3 is 35.1 Å². The lowest BCUT2D eigenvalue weighted by Crippen LogP contribution is -2.52. The number of carbonyl (C=O) groups excluding carboxylic acids is 5. The van der Waals surface area contributed by atoms with Crippen molar-refractivity contribution in [3.63, 3.8) is 0 Å². The molecule has 1 saturated heterocycles. The minimum Gasteiger partial charge on any atom is -0.496 e. The smallest absolute Gasteiger partial charge is 0.407 e. The molecule has 1 aromatic carbocycles. The third-order valence-electron chi connectivity index (χ3n) is 10.4. The van der Waals surface area contributed by atoms with Gasteiger partial charge in [0.25, 0.3) is 0 Å². The molecule has 0 aromatic heterocycles. The van der Waals surface area contributed by atoms with Gasteiger partial charge in [0.1, 0.15) is 22.4 Å². The van der Waals surface area contributed by atoms with Crippen molar-refractivity contribution in [2.75, 3.05) is 33.9 Å². The number of rotatable bonds is 23. The first-order valence-electron chi connectivity index (χ1n) is 20.3. The number of hydrogen-bond acceptors (Lipinski definition) is 8. The van der Waals surface area contributed by atoms with Gasteiger partial charge in [-0.15, -0.1) is 0 Å². The van der Waals surface area contributed by atoms with E-state index in [1.165, 1.54) is 0 Å². The highest BCUT2D eigenvalue weighted by Gasteiger charge is 2.37. The molecule has 0 bridgehead atoms. The molecule has 1 heterocycles. The largest absolute Gasteiger partial charge is 0.496 e. The Bertz CT molecular complexity index is 1510. The van der Waals surface area contributed by atoms with Crippen LogP contribution in [0.3, 0.4) is 0 Å². The number of alkyl halides is 1. The Morgan fingerprint density at radius 3 is 2.18 bits per heavy atom. The van der Waals surface area contributed by atoms with Crippen molar-refractivity contribution in [3.05, 3.63) is 34.4 Å². The molecule has 1 aliphatic heterocycles. The molecular weight excluding hydrogens is 780 g/mol. The summed E-state index contributed by atoms with van der Waals surface area (Å²) in [7, 11) is 3.31. The number of likely N-dealkylation sites (tertiary alicyclic amines) is 1. The van der Waals surface area contributed by atoms with Crippen molar-refractivity contribution in [3.8, 4) is 11.5 Å². The third-order valence-corrected chi connectivity index (χ3v) is 11.1. The number of amides is 4. The quantitative estimate of drug-likeness (QED) is 0.0602. The highest BCUT2D eigenvalue weighted by Crippen LogP contribution is 2.38. The zero-order valence-electron chi connectivity index (χ0n) is 35.8. The number of allylic oxidation sites excluding steroid dienone is 1. The lowest BCUT2D eigenvalue weighted by Gasteiger charge is -2.27. The van der Waals surface area contributed by atoms with Crippen molar-refractivity contribution in [2.24, 2.45) is 17.8 Å². The summed E-state index contributed by atoms with van der Waals surface area (Å²) in [5.41, 5.74) is 4.08. The zero-order valence-corrected chi connectivity index (χ0v) is 37.4. The van der Waals surface area contributed by atoms with E-state index in [9.17, 15) is 24.0 Å². The molecule has 1 unspecified atom stereocenters. The predicted octanol–water partition coefficient (Wildman–Crippen LogP) is 7.06. The number of halogens is 1. The first-order chi connectivity index (χ1) is 26.5. The lowest BCUT2D eigenvalue weighted by molar-refractivity contribution is -0.138. The fraction of sp³-hybridized carbons (Fsp3) is 0.698. The molecule has 5 atom stereocenters. The molecule has 1 aromatic rings. The summed E-state index contributed by atoms with van der Waals surface area (Å²) in [5.74, 6) is 0.839. The number of carbonyl (C=O) groups is 5. The van der Waals surface area contributed by atoms with E-state index in [2.05, 4.69) is 52.7 Å². The van der Waals surface area contributed by atoms with Gasteiger partial charge in [0.05, 0.1) is 26.9 Å². The summed E-state index contributed by atoms with van der Waals surface area (Å²) in [6, 6.07) is -1.59. The van der Waals surface area contributed by atoms with Gasteiger partial charge >= 0.3 is 6.09 Å². The Kier molecular flexibility index (Phi) is 21.0. The lowest BCUT2D eigenvalue weighted by atomic mass is 9.92. The number of benzene rings is 1. The maximum absolute atomic E-state index is 13.6. The van der Waals surface area contributed by atoms with Crippen LogP contribution in [0.5, 0.6) is 11.5 Å². The Balaban J connectivity index is 1.93. The summed E-state index contributed by atoms with van der Waals surface area (Å²) >= 11 is 3.50. The molecule has 4 amide bonds. The average Bonchev–Trinajstić information content (AvgIpc) is 3.64. The number of methoxy groups -OCH3 is 2. The molecule has 1 fully saturated rings. The molecule has 2 rings (SSSR count). The maximum atomic E-state index is 13.6. The SMILES string of the molecule is CC[C@H](NC(=O)C1CCCN1C(=O)[C@@H](Br)/C=C/[C@@H](C)CC(C)C)C(=O)C[C@@H](CCCNC(=O)OCCCc1c(C)c(OC)c(C)c(C)c1OC)C(=O)NC(C)C. The monoisotopic (exact) mass is 848 g/mol. The molecule has 0 spiro atoms. The van der Waals surface area contributed by atoms with Crippen LogP contribution in [-0.2, 0) is 30.3 Å². The van der Waals surface area contributed by atoms with Gasteiger partial charge in [-0.25, -0.2) is 4.79 Å². The molecular formula is C43H69BrN4O8. The summed E-state index contributed by atoms with van der Waals surface area (Å²) < 4.78 is 16.8. The van der Waals surface area contributed by atoms with Crippen LogP contribution >= 0.6 is 15.9 Å². The van der Waals surface area contributed by atoms with E-state index < -0.39 is 28.9 Å². The normalized spacial score (nSPS) is 16.4. The van der Waals surface area contributed by atoms with E-state index in [1.807, 2.05) is 53.7 Å². The van der Waals surface area contributed by atoms with Gasteiger partial charge in [-0.05, 0) is 115 Å². The fourth-order valence-electron chi connectivity index (χ4n) is 7.49. The van der Waals surface area contributed by atoms with Gasteiger partial charge in [-0.2, -0.15) is 0 Å². The predicted molar refractivity (Wildman–Crippen MR) is 224 cm³/mol. The minimum atomic E-state index is -0.798. The van der Waals surface area contributed by atoms with E-state index in [0.717, 1.165) is 40.2 Å². The van der Waals surface area contributed by atoms with Crippen LogP contribution in [-0.4, -0.2) is 91.4 Å². The first kappa shape index (κ1) is 48.5. The van der Waals surface area contributed by atoms with Crippen molar-refractivity contribution in [2.45, 2.75) is 143 Å². The van der Waals surface area contributed by atoms with Gasteiger partial charge in [-0.3, -0.25) is 19.2 Å². The third kappa shape index (κ3) is 14.7. The van der Waals surface area contributed by atoms with Gasteiger partial charge in [0, 0.05) is 37.0 Å². The standard InChI is InChI=1S/C43H69BrN4O8/c1-12-35(47-41(51)36-18-14-22-48(36)42(52)34(44)20-19-28(6)24-26(2)3)37(49)25-32(40(50)46-27(4)5)16-13-21-45-43(53)56-23-15-17-33-31(9)38(54-10)29(7)30(8)39(33)55-11/h19-20,26-28,32,34-36H,12-18,21-25H2,1-11H3,(H,45,53)(H,46,50)(H,47,51)/b20-19+/t28-,32-,34+,35+,36?/m1/s1. The van der Waals surface area contributed by atoms with E-state index >= 15 is 0 Å². The maximum Gasteiger partial charge on any atom is 0.407 e. The van der Waals surface area contributed by atoms with E-state index in [-0.39, 0.29) is 49.1 Å². The summed E-state index contributed by atoms with van der Waals surface area (Å²) in [5, 5.41) is 8.55. The van der Waals surface area contributed by atoms with Crippen LogP contribution in [0.1, 0.15) is 115 Å². The van der Waals surface area contributed by atoms with E-state index in [4.69, 9.17) is 14.2 Å². The second-order valence-electron chi connectivity index (χ2n) is 15.8. The Morgan fingerprint density at radius 1 is 0.911 bits per heavy atom. The summed E-state index contributed by atoms with van der Waals surface area (Å²) in [6.07, 6.45) is 7.86. The van der Waals surface area contributed by atoms with Crippen LogP contribution in [0.25, 0.3) is 0 Å². The first-order valence-corrected chi connectivity index (χ1v) is 21.3. The number of hydrogen-bond donors (Lipinski definition) is 3. The molecule has 3 N–H and O–H groups in total. The highest BCUT2D eigenvalue weighted by molar-refractivity contribution is 9.10. The Hall–Kier alpha value is -3.61. The molecule has 13 heteroatoms. The molecule has 0 aliphatic carbocycles. The van der Waals surface area contributed by atoms with Crippen LogP contribution in [0.2, 0.25) is 0 Å². The average molecular weight is 850 g/mol. The number of ketones is 1. The molecule has 316 valence electrons. The summed E-state index contributed by atoms with van der Waals surface area (Å²) in [4.78, 5) is 67.2. The Morgan fingerprint density at radius 2 is 1.57 bits per heavy atom. The van der Waals surface area contributed by atoms with Crippen LogP contribution in [0.4, 0.5) is 4.79 Å².